The molecule has 21 heavy (non-hydrogen) atoms. The first-order valence-corrected chi connectivity index (χ1v) is 8.20. The summed E-state index contributed by atoms with van der Waals surface area (Å²) in [5, 5.41) is 14.7. The highest BCUT2D eigenvalue weighted by atomic mass is 32.2. The van der Waals surface area contributed by atoms with E-state index in [2.05, 4.69) is 27.4 Å². The predicted molar refractivity (Wildman–Crippen MR) is 87.6 cm³/mol. The second-order valence-corrected chi connectivity index (χ2v) is 6.29. The van der Waals surface area contributed by atoms with E-state index in [-0.39, 0.29) is 5.91 Å². The van der Waals surface area contributed by atoms with Gasteiger partial charge in [0.1, 0.15) is 0 Å². The van der Waals surface area contributed by atoms with Crippen molar-refractivity contribution in [1.29, 1.82) is 0 Å². The summed E-state index contributed by atoms with van der Waals surface area (Å²) >= 11 is 2.82. The van der Waals surface area contributed by atoms with Gasteiger partial charge in [0.15, 0.2) is 4.34 Å². The van der Waals surface area contributed by atoms with E-state index in [1.165, 1.54) is 23.1 Å². The predicted octanol–water partition coefficient (Wildman–Crippen LogP) is 2.54. The second kappa shape index (κ2) is 8.43. The maximum Gasteiger partial charge on any atom is 0.230 e. The fourth-order valence-electron chi connectivity index (χ4n) is 1.47. The number of anilines is 1. The molecule has 0 aliphatic carbocycles. The molecular weight excluding hydrogens is 304 g/mol. The van der Waals surface area contributed by atoms with Crippen LogP contribution in [0.5, 0.6) is 0 Å². The number of amides is 1. The molecular formula is C14H16N4OS2. The van der Waals surface area contributed by atoms with E-state index >= 15 is 0 Å². The lowest BCUT2D eigenvalue weighted by Crippen LogP contribution is -2.24. The molecule has 110 valence electrons. The van der Waals surface area contributed by atoms with Crippen molar-refractivity contribution in [3.05, 3.63) is 48.6 Å². The Morgan fingerprint density at radius 3 is 2.90 bits per heavy atom. The number of benzene rings is 1. The van der Waals surface area contributed by atoms with Crippen LogP contribution in [-0.4, -0.2) is 28.4 Å². The van der Waals surface area contributed by atoms with Gasteiger partial charge in [0.05, 0.1) is 5.75 Å². The maximum absolute atomic E-state index is 11.8. The minimum Gasteiger partial charge on any atom is -0.357 e. The highest BCUT2D eigenvalue weighted by molar-refractivity contribution is 8.01. The number of thioether (sulfide) groups is 1. The van der Waals surface area contributed by atoms with Crippen LogP contribution in [0.2, 0.25) is 0 Å². The summed E-state index contributed by atoms with van der Waals surface area (Å²) in [6.45, 7) is 4.82. The average Bonchev–Trinajstić information content (AvgIpc) is 2.98. The summed E-state index contributed by atoms with van der Waals surface area (Å²) in [6.07, 6.45) is 1.76. The molecule has 1 heterocycles. The Morgan fingerprint density at radius 2 is 2.14 bits per heavy atom. The fourth-order valence-corrected chi connectivity index (χ4v) is 3.06. The lowest BCUT2D eigenvalue weighted by atomic mass is 10.2. The summed E-state index contributed by atoms with van der Waals surface area (Å²) in [6, 6.07) is 9.82. The van der Waals surface area contributed by atoms with Crippen molar-refractivity contribution >= 4 is 34.1 Å². The van der Waals surface area contributed by atoms with Crippen LogP contribution in [0.3, 0.4) is 0 Å². The number of rotatable bonds is 8. The van der Waals surface area contributed by atoms with E-state index in [0.717, 1.165) is 15.0 Å². The molecule has 0 atom stereocenters. The van der Waals surface area contributed by atoms with Gasteiger partial charge in [-0.15, -0.1) is 16.8 Å². The van der Waals surface area contributed by atoms with Crippen LogP contribution in [0, 0.1) is 0 Å². The molecule has 0 aliphatic heterocycles. The third-order valence-corrected chi connectivity index (χ3v) is 4.48. The minimum absolute atomic E-state index is 0.0142. The molecule has 1 aromatic carbocycles. The van der Waals surface area contributed by atoms with Crippen LogP contribution in [0.1, 0.15) is 5.56 Å². The standard InChI is InChI=1S/C14H16N4OS2/c1-2-8-15-13-17-18-14(21-13)20-10-12(19)16-9-11-6-4-3-5-7-11/h2-7H,1,8-10H2,(H,15,17)(H,16,19). The van der Waals surface area contributed by atoms with Gasteiger partial charge in [0.25, 0.3) is 0 Å². The average molecular weight is 320 g/mol. The Kier molecular flexibility index (Phi) is 6.23. The Balaban J connectivity index is 1.71. The van der Waals surface area contributed by atoms with E-state index in [1.807, 2.05) is 30.3 Å². The second-order valence-electron chi connectivity index (χ2n) is 4.09. The van der Waals surface area contributed by atoms with Crippen molar-refractivity contribution in [1.82, 2.24) is 15.5 Å². The lowest BCUT2D eigenvalue weighted by Gasteiger charge is -2.03. The molecule has 5 nitrogen and oxygen atoms in total. The smallest absolute Gasteiger partial charge is 0.230 e. The monoisotopic (exact) mass is 320 g/mol. The van der Waals surface area contributed by atoms with Gasteiger partial charge in [-0.25, -0.2) is 0 Å². The lowest BCUT2D eigenvalue weighted by molar-refractivity contribution is -0.118. The molecule has 0 saturated carbocycles. The maximum atomic E-state index is 11.8. The van der Waals surface area contributed by atoms with Gasteiger partial charge in [-0.2, -0.15) is 0 Å². The molecule has 7 heteroatoms. The number of carbonyl (C=O) groups is 1. The van der Waals surface area contributed by atoms with E-state index in [4.69, 9.17) is 0 Å². The first-order chi connectivity index (χ1) is 10.3. The molecule has 2 aromatic rings. The number of carbonyl (C=O) groups excluding carboxylic acids is 1. The van der Waals surface area contributed by atoms with Crippen LogP contribution in [0.15, 0.2) is 47.3 Å². The Labute approximate surface area is 131 Å². The largest absolute Gasteiger partial charge is 0.357 e. The number of nitrogens with zero attached hydrogens (tertiary/aromatic N) is 2. The van der Waals surface area contributed by atoms with Crippen molar-refractivity contribution < 1.29 is 4.79 Å². The van der Waals surface area contributed by atoms with Gasteiger partial charge in [0.2, 0.25) is 11.0 Å². The van der Waals surface area contributed by atoms with Crippen LogP contribution < -0.4 is 10.6 Å². The molecule has 0 saturated heterocycles. The SMILES string of the molecule is C=CCNc1nnc(SCC(=O)NCc2ccccc2)s1. The van der Waals surface area contributed by atoms with Crippen LogP contribution in [0.25, 0.3) is 0 Å². The van der Waals surface area contributed by atoms with E-state index < -0.39 is 0 Å². The quantitative estimate of drug-likeness (QED) is 0.578. The summed E-state index contributed by atoms with van der Waals surface area (Å²) in [5.41, 5.74) is 1.09. The molecule has 1 amide bonds. The third kappa shape index (κ3) is 5.57. The number of hydrogen-bond acceptors (Lipinski definition) is 6. The number of aromatic nitrogens is 2. The van der Waals surface area contributed by atoms with Crippen molar-refractivity contribution in [2.45, 2.75) is 10.9 Å². The number of hydrogen-bond donors (Lipinski definition) is 2. The topological polar surface area (TPSA) is 66.9 Å². The molecule has 0 spiro atoms. The normalized spacial score (nSPS) is 10.1. The first kappa shape index (κ1) is 15.5. The first-order valence-electron chi connectivity index (χ1n) is 6.39. The van der Waals surface area contributed by atoms with Crippen LogP contribution in [-0.2, 0) is 11.3 Å². The fraction of sp³-hybridized carbons (Fsp3) is 0.214. The third-order valence-electron chi connectivity index (χ3n) is 2.46. The summed E-state index contributed by atoms with van der Waals surface area (Å²) in [4.78, 5) is 11.8. The Morgan fingerprint density at radius 1 is 1.33 bits per heavy atom. The Hall–Kier alpha value is -1.86. The highest BCUT2D eigenvalue weighted by Crippen LogP contribution is 2.24. The van der Waals surface area contributed by atoms with Gasteiger partial charge in [-0.05, 0) is 5.56 Å². The molecule has 1 aromatic heterocycles. The zero-order valence-electron chi connectivity index (χ0n) is 11.4. The van der Waals surface area contributed by atoms with Gasteiger partial charge in [-0.1, -0.05) is 59.5 Å². The minimum atomic E-state index is -0.0142. The highest BCUT2D eigenvalue weighted by Gasteiger charge is 2.07. The van der Waals surface area contributed by atoms with Gasteiger partial charge in [-0.3, -0.25) is 4.79 Å². The van der Waals surface area contributed by atoms with Crippen LogP contribution >= 0.6 is 23.1 Å². The summed E-state index contributed by atoms with van der Waals surface area (Å²) in [7, 11) is 0. The van der Waals surface area contributed by atoms with Crippen molar-refractivity contribution in [3.8, 4) is 0 Å². The van der Waals surface area contributed by atoms with Gasteiger partial charge < -0.3 is 10.6 Å². The molecule has 0 aliphatic rings. The van der Waals surface area contributed by atoms with Crippen molar-refractivity contribution in [2.24, 2.45) is 0 Å². The van der Waals surface area contributed by atoms with Crippen molar-refractivity contribution in [2.75, 3.05) is 17.6 Å². The molecule has 2 rings (SSSR count). The van der Waals surface area contributed by atoms with Gasteiger partial charge in [0, 0.05) is 13.1 Å². The number of nitrogens with one attached hydrogen (secondary N) is 2. The van der Waals surface area contributed by atoms with E-state index in [9.17, 15) is 4.79 Å². The van der Waals surface area contributed by atoms with Crippen molar-refractivity contribution in [3.63, 3.8) is 0 Å². The zero-order chi connectivity index (χ0) is 14.9. The molecule has 0 bridgehead atoms. The van der Waals surface area contributed by atoms with E-state index in [1.54, 1.807) is 6.08 Å². The van der Waals surface area contributed by atoms with E-state index in [0.29, 0.717) is 18.8 Å². The Bertz CT molecular complexity index is 586. The molecule has 0 unspecified atom stereocenters. The molecule has 2 N–H and O–H groups in total. The van der Waals surface area contributed by atoms with Gasteiger partial charge >= 0.3 is 0 Å². The zero-order valence-corrected chi connectivity index (χ0v) is 13.0. The molecule has 0 fully saturated rings. The summed E-state index contributed by atoms with van der Waals surface area (Å²) in [5.74, 6) is 0.322. The molecule has 0 radical (unpaired) electrons. The van der Waals surface area contributed by atoms with Crippen LogP contribution in [0.4, 0.5) is 5.13 Å². The summed E-state index contributed by atoms with van der Waals surface area (Å²) < 4.78 is 0.774.